The molecule has 0 fully saturated rings. The smallest absolute Gasteiger partial charge is 0.226 e. The number of hydrogen-bond donors (Lipinski definition) is 1. The fourth-order valence-corrected chi connectivity index (χ4v) is 3.29. The number of rotatable bonds is 2. The zero-order valence-electron chi connectivity index (χ0n) is 13.7. The van der Waals surface area contributed by atoms with Crippen molar-refractivity contribution in [3.8, 4) is 11.3 Å². The van der Waals surface area contributed by atoms with Gasteiger partial charge >= 0.3 is 0 Å². The Balaban J connectivity index is 1.69. The number of anilines is 1. The van der Waals surface area contributed by atoms with E-state index < -0.39 is 0 Å². The first kappa shape index (κ1) is 15.1. The van der Waals surface area contributed by atoms with Crippen molar-refractivity contribution in [2.45, 2.75) is 26.8 Å². The fourth-order valence-electron chi connectivity index (χ4n) is 3.16. The van der Waals surface area contributed by atoms with Crippen molar-refractivity contribution >= 4 is 17.5 Å². The molecule has 4 rings (SSSR count). The third kappa shape index (κ3) is 2.76. The van der Waals surface area contributed by atoms with Gasteiger partial charge in [-0.3, -0.25) is 5.10 Å². The number of fused-ring (bicyclic) bond motifs is 1. The first-order chi connectivity index (χ1) is 11.6. The molecule has 122 valence electrons. The standard InChI is InChI=1S/C18H18ClN5/c1-11-9-12(2)21-18(20-11)24-8-7-16-15(10-24)17(23-22-16)13-3-5-14(19)6-4-13/h3-6,9H,7-8,10H2,1-2H3,(H,22,23). The zero-order chi connectivity index (χ0) is 16.7. The first-order valence-electron chi connectivity index (χ1n) is 7.99. The van der Waals surface area contributed by atoms with Gasteiger partial charge in [-0.1, -0.05) is 23.7 Å². The summed E-state index contributed by atoms with van der Waals surface area (Å²) in [6, 6.07) is 9.79. The molecule has 3 aromatic rings. The molecule has 0 spiro atoms. The molecule has 3 heterocycles. The molecule has 0 amide bonds. The van der Waals surface area contributed by atoms with E-state index in [1.165, 1.54) is 11.3 Å². The molecule has 6 heteroatoms. The van der Waals surface area contributed by atoms with Crippen LogP contribution in [0.4, 0.5) is 5.95 Å². The average molecular weight is 340 g/mol. The van der Waals surface area contributed by atoms with Crippen LogP contribution in [0.2, 0.25) is 5.02 Å². The van der Waals surface area contributed by atoms with Gasteiger partial charge in [0.15, 0.2) is 0 Å². The van der Waals surface area contributed by atoms with Crippen LogP contribution in [0, 0.1) is 13.8 Å². The van der Waals surface area contributed by atoms with E-state index in [9.17, 15) is 0 Å². The summed E-state index contributed by atoms with van der Waals surface area (Å²) in [6.45, 7) is 5.65. The molecule has 0 aliphatic carbocycles. The van der Waals surface area contributed by atoms with E-state index in [0.717, 1.165) is 53.1 Å². The predicted octanol–water partition coefficient (Wildman–Crippen LogP) is 3.70. The highest BCUT2D eigenvalue weighted by Crippen LogP contribution is 2.30. The molecular weight excluding hydrogens is 322 g/mol. The zero-order valence-corrected chi connectivity index (χ0v) is 14.4. The van der Waals surface area contributed by atoms with Crippen LogP contribution < -0.4 is 4.90 Å². The summed E-state index contributed by atoms with van der Waals surface area (Å²) in [4.78, 5) is 11.4. The van der Waals surface area contributed by atoms with Crippen molar-refractivity contribution in [1.29, 1.82) is 0 Å². The van der Waals surface area contributed by atoms with Crippen LogP contribution in [0.25, 0.3) is 11.3 Å². The lowest BCUT2D eigenvalue weighted by Crippen LogP contribution is -2.32. The van der Waals surface area contributed by atoms with Crippen LogP contribution in [-0.2, 0) is 13.0 Å². The van der Waals surface area contributed by atoms with Gasteiger partial charge in [0.05, 0.1) is 5.69 Å². The Hall–Kier alpha value is -2.40. The van der Waals surface area contributed by atoms with Gasteiger partial charge in [0.2, 0.25) is 5.95 Å². The van der Waals surface area contributed by atoms with Gasteiger partial charge in [-0.05, 0) is 32.0 Å². The van der Waals surface area contributed by atoms with Gasteiger partial charge in [0.25, 0.3) is 0 Å². The van der Waals surface area contributed by atoms with Crippen LogP contribution in [0.3, 0.4) is 0 Å². The van der Waals surface area contributed by atoms with Crippen LogP contribution in [-0.4, -0.2) is 26.7 Å². The molecule has 5 nitrogen and oxygen atoms in total. The van der Waals surface area contributed by atoms with Gasteiger partial charge in [0.1, 0.15) is 0 Å². The minimum atomic E-state index is 0.730. The lowest BCUT2D eigenvalue weighted by atomic mass is 10.0. The largest absolute Gasteiger partial charge is 0.336 e. The minimum absolute atomic E-state index is 0.730. The van der Waals surface area contributed by atoms with Gasteiger partial charge in [-0.2, -0.15) is 5.10 Å². The van der Waals surface area contributed by atoms with Crippen molar-refractivity contribution < 1.29 is 0 Å². The number of aryl methyl sites for hydroxylation is 2. The molecule has 1 aromatic carbocycles. The van der Waals surface area contributed by atoms with Gasteiger partial charge in [-0.15, -0.1) is 0 Å². The molecule has 0 bridgehead atoms. The van der Waals surface area contributed by atoms with Crippen LogP contribution >= 0.6 is 11.6 Å². The number of hydrogen-bond acceptors (Lipinski definition) is 4. The summed E-state index contributed by atoms with van der Waals surface area (Å²) in [5.41, 5.74) is 6.45. The maximum absolute atomic E-state index is 6.00. The first-order valence-corrected chi connectivity index (χ1v) is 8.37. The Labute approximate surface area is 145 Å². The summed E-state index contributed by atoms with van der Waals surface area (Å²) in [7, 11) is 0. The van der Waals surface area contributed by atoms with Crippen LogP contribution in [0.5, 0.6) is 0 Å². The highest BCUT2D eigenvalue weighted by atomic mass is 35.5. The Morgan fingerprint density at radius 3 is 2.50 bits per heavy atom. The van der Waals surface area contributed by atoms with Crippen molar-refractivity contribution in [1.82, 2.24) is 20.2 Å². The van der Waals surface area contributed by atoms with Gasteiger partial charge in [-0.25, -0.2) is 9.97 Å². The summed E-state index contributed by atoms with van der Waals surface area (Å²) in [6.07, 6.45) is 0.909. The van der Waals surface area contributed by atoms with Crippen LogP contribution in [0.15, 0.2) is 30.3 Å². The molecule has 0 saturated heterocycles. The summed E-state index contributed by atoms with van der Waals surface area (Å²) in [5, 5.41) is 8.44. The van der Waals surface area contributed by atoms with Crippen molar-refractivity contribution in [3.63, 3.8) is 0 Å². The quantitative estimate of drug-likeness (QED) is 0.773. The van der Waals surface area contributed by atoms with E-state index in [-0.39, 0.29) is 0 Å². The lowest BCUT2D eigenvalue weighted by molar-refractivity contribution is 0.695. The van der Waals surface area contributed by atoms with Crippen molar-refractivity contribution in [3.05, 3.63) is 58.0 Å². The van der Waals surface area contributed by atoms with E-state index >= 15 is 0 Å². The third-order valence-electron chi connectivity index (χ3n) is 4.30. The summed E-state index contributed by atoms with van der Waals surface area (Å²) < 4.78 is 0. The highest BCUT2D eigenvalue weighted by Gasteiger charge is 2.24. The average Bonchev–Trinajstić information content (AvgIpc) is 2.98. The summed E-state index contributed by atoms with van der Waals surface area (Å²) >= 11 is 6.00. The SMILES string of the molecule is Cc1cc(C)nc(N2CCc3[nH]nc(-c4ccc(Cl)cc4)c3C2)n1. The topological polar surface area (TPSA) is 57.7 Å². The normalized spacial score (nSPS) is 13.9. The predicted molar refractivity (Wildman–Crippen MR) is 95.3 cm³/mol. The van der Waals surface area contributed by atoms with Crippen molar-refractivity contribution in [2.75, 3.05) is 11.4 Å². The monoisotopic (exact) mass is 339 g/mol. The number of aromatic nitrogens is 4. The van der Waals surface area contributed by atoms with E-state index in [2.05, 4.69) is 25.1 Å². The maximum atomic E-state index is 6.00. The Kier molecular flexibility index (Phi) is 3.73. The highest BCUT2D eigenvalue weighted by molar-refractivity contribution is 6.30. The molecule has 0 unspecified atom stereocenters. The second-order valence-electron chi connectivity index (χ2n) is 6.16. The van der Waals surface area contributed by atoms with E-state index in [0.29, 0.717) is 0 Å². The lowest BCUT2D eigenvalue weighted by Gasteiger charge is -2.27. The number of halogens is 1. The Morgan fingerprint density at radius 1 is 1.08 bits per heavy atom. The van der Waals surface area contributed by atoms with Crippen LogP contribution in [0.1, 0.15) is 22.6 Å². The van der Waals surface area contributed by atoms with Gasteiger partial charge < -0.3 is 4.90 Å². The number of H-pyrrole nitrogens is 1. The molecule has 0 radical (unpaired) electrons. The van der Waals surface area contributed by atoms with E-state index in [1.54, 1.807) is 0 Å². The number of nitrogens with zero attached hydrogens (tertiary/aromatic N) is 4. The minimum Gasteiger partial charge on any atom is -0.336 e. The third-order valence-corrected chi connectivity index (χ3v) is 4.56. The molecule has 0 saturated carbocycles. The fraction of sp³-hybridized carbons (Fsp3) is 0.278. The molecule has 2 aromatic heterocycles. The van der Waals surface area contributed by atoms with Gasteiger partial charge in [0, 0.05) is 52.7 Å². The second-order valence-corrected chi connectivity index (χ2v) is 6.59. The molecule has 1 aliphatic rings. The Bertz CT molecular complexity index is 865. The summed E-state index contributed by atoms with van der Waals surface area (Å²) in [5.74, 6) is 0.793. The number of nitrogens with one attached hydrogen (secondary N) is 1. The second kappa shape index (κ2) is 5.91. The van der Waals surface area contributed by atoms with E-state index in [1.807, 2.05) is 44.2 Å². The molecule has 0 atom stereocenters. The number of aromatic amines is 1. The number of benzene rings is 1. The van der Waals surface area contributed by atoms with Crippen molar-refractivity contribution in [2.24, 2.45) is 0 Å². The molecule has 1 N–H and O–H groups in total. The van der Waals surface area contributed by atoms with E-state index in [4.69, 9.17) is 11.6 Å². The maximum Gasteiger partial charge on any atom is 0.226 e. The molecule has 24 heavy (non-hydrogen) atoms. The Morgan fingerprint density at radius 2 is 1.79 bits per heavy atom. The molecule has 1 aliphatic heterocycles. The molecular formula is C18H18ClN5.